The standard InChI is InChI=1S/C12H13N5O4/c1-2-13-11-5-9(10(7-14-11)17(19)20)12(18)15-6-8-3-4-16-21-8/h3-5,7H,2,6H2,1H3,(H,13,14)(H,15,18). The van der Waals surface area contributed by atoms with Crippen LogP contribution in [0.15, 0.2) is 29.0 Å². The fourth-order valence-corrected chi connectivity index (χ4v) is 1.65. The van der Waals surface area contributed by atoms with Crippen molar-refractivity contribution in [3.8, 4) is 0 Å². The molecule has 0 atom stereocenters. The summed E-state index contributed by atoms with van der Waals surface area (Å²) in [6.45, 7) is 2.53. The second kappa shape index (κ2) is 6.46. The number of carbonyl (C=O) groups is 1. The van der Waals surface area contributed by atoms with Gasteiger partial charge in [0.15, 0.2) is 5.76 Å². The smallest absolute Gasteiger partial charge is 0.300 e. The molecule has 0 spiro atoms. The number of anilines is 1. The van der Waals surface area contributed by atoms with Gasteiger partial charge in [-0.25, -0.2) is 4.98 Å². The van der Waals surface area contributed by atoms with Crippen molar-refractivity contribution in [1.82, 2.24) is 15.5 Å². The van der Waals surface area contributed by atoms with Crippen LogP contribution in [0, 0.1) is 10.1 Å². The van der Waals surface area contributed by atoms with Crippen LogP contribution in [0.1, 0.15) is 23.0 Å². The van der Waals surface area contributed by atoms with Crippen LogP contribution in [-0.4, -0.2) is 27.5 Å². The summed E-state index contributed by atoms with van der Waals surface area (Å²) in [4.78, 5) is 26.3. The average Bonchev–Trinajstić information content (AvgIpc) is 2.98. The Morgan fingerprint density at radius 3 is 2.95 bits per heavy atom. The van der Waals surface area contributed by atoms with Crippen molar-refractivity contribution in [2.45, 2.75) is 13.5 Å². The van der Waals surface area contributed by atoms with Gasteiger partial charge >= 0.3 is 0 Å². The van der Waals surface area contributed by atoms with Crippen molar-refractivity contribution >= 4 is 17.4 Å². The third-order valence-corrected chi connectivity index (χ3v) is 2.60. The van der Waals surface area contributed by atoms with Crippen LogP contribution in [-0.2, 0) is 6.54 Å². The van der Waals surface area contributed by atoms with E-state index in [1.54, 1.807) is 6.07 Å². The van der Waals surface area contributed by atoms with Gasteiger partial charge in [0, 0.05) is 18.7 Å². The molecule has 9 nitrogen and oxygen atoms in total. The predicted octanol–water partition coefficient (Wildman–Crippen LogP) is 1.34. The molecule has 0 saturated heterocycles. The molecular weight excluding hydrogens is 278 g/mol. The van der Waals surface area contributed by atoms with E-state index in [1.165, 1.54) is 12.3 Å². The minimum Gasteiger partial charge on any atom is -0.370 e. The fourth-order valence-electron chi connectivity index (χ4n) is 1.65. The van der Waals surface area contributed by atoms with Gasteiger partial charge in [0.2, 0.25) is 0 Å². The third kappa shape index (κ3) is 3.53. The maximum atomic E-state index is 12.1. The molecular formula is C12H13N5O4. The molecule has 0 fully saturated rings. The Hall–Kier alpha value is -2.97. The van der Waals surface area contributed by atoms with Crippen LogP contribution in [0.2, 0.25) is 0 Å². The number of aromatic nitrogens is 2. The SMILES string of the molecule is CCNc1cc(C(=O)NCc2ccno2)c([N+](=O)[O-])cn1. The van der Waals surface area contributed by atoms with Gasteiger partial charge in [0.05, 0.1) is 17.7 Å². The Kier molecular flexibility index (Phi) is 4.44. The Bertz CT molecular complexity index is 641. The van der Waals surface area contributed by atoms with Crippen LogP contribution in [0.5, 0.6) is 0 Å². The van der Waals surface area contributed by atoms with Crippen LogP contribution >= 0.6 is 0 Å². The molecule has 2 aromatic heterocycles. The summed E-state index contributed by atoms with van der Waals surface area (Å²) in [5, 5.41) is 19.9. The molecule has 110 valence electrons. The van der Waals surface area contributed by atoms with Gasteiger partial charge in [-0.05, 0) is 6.92 Å². The molecule has 2 heterocycles. The second-order valence-electron chi connectivity index (χ2n) is 4.04. The van der Waals surface area contributed by atoms with E-state index in [9.17, 15) is 14.9 Å². The summed E-state index contributed by atoms with van der Waals surface area (Å²) in [5.41, 5.74) is -0.419. The largest absolute Gasteiger partial charge is 0.370 e. The zero-order valence-corrected chi connectivity index (χ0v) is 11.2. The Balaban J connectivity index is 2.20. The van der Waals surface area contributed by atoms with Crippen molar-refractivity contribution in [3.05, 3.63) is 46.0 Å². The molecule has 0 aromatic carbocycles. The van der Waals surface area contributed by atoms with Gasteiger partial charge in [0.1, 0.15) is 17.6 Å². The van der Waals surface area contributed by atoms with E-state index in [4.69, 9.17) is 4.52 Å². The van der Waals surface area contributed by atoms with Crippen LogP contribution in [0.3, 0.4) is 0 Å². The molecule has 2 aromatic rings. The number of amides is 1. The molecule has 2 rings (SSSR count). The number of nitro groups is 1. The summed E-state index contributed by atoms with van der Waals surface area (Å²) in [6, 6.07) is 2.93. The van der Waals surface area contributed by atoms with Crippen LogP contribution in [0.25, 0.3) is 0 Å². The molecule has 0 unspecified atom stereocenters. The van der Waals surface area contributed by atoms with E-state index in [0.29, 0.717) is 18.1 Å². The Labute approximate surface area is 119 Å². The normalized spacial score (nSPS) is 10.1. The highest BCUT2D eigenvalue weighted by molar-refractivity contribution is 5.98. The van der Waals surface area contributed by atoms with Crippen molar-refractivity contribution in [2.24, 2.45) is 0 Å². The molecule has 0 bridgehead atoms. The van der Waals surface area contributed by atoms with Gasteiger partial charge in [-0.3, -0.25) is 14.9 Å². The number of hydrogen-bond donors (Lipinski definition) is 2. The molecule has 0 aliphatic heterocycles. The van der Waals surface area contributed by atoms with Crippen LogP contribution < -0.4 is 10.6 Å². The predicted molar refractivity (Wildman–Crippen MR) is 72.7 cm³/mol. The summed E-state index contributed by atoms with van der Waals surface area (Å²) in [7, 11) is 0. The summed E-state index contributed by atoms with van der Waals surface area (Å²) < 4.78 is 4.84. The number of rotatable bonds is 6. The van der Waals surface area contributed by atoms with E-state index in [0.717, 1.165) is 6.20 Å². The minimum atomic E-state index is -0.647. The van der Waals surface area contributed by atoms with Crippen molar-refractivity contribution in [1.29, 1.82) is 0 Å². The Morgan fingerprint density at radius 1 is 1.52 bits per heavy atom. The first kappa shape index (κ1) is 14.4. The number of nitrogens with one attached hydrogen (secondary N) is 2. The highest BCUT2D eigenvalue weighted by atomic mass is 16.6. The molecule has 0 aliphatic carbocycles. The molecule has 9 heteroatoms. The van der Waals surface area contributed by atoms with Gasteiger partial charge in [0.25, 0.3) is 11.6 Å². The van der Waals surface area contributed by atoms with E-state index in [2.05, 4.69) is 20.8 Å². The van der Waals surface area contributed by atoms with E-state index >= 15 is 0 Å². The highest BCUT2D eigenvalue weighted by Crippen LogP contribution is 2.20. The lowest BCUT2D eigenvalue weighted by molar-refractivity contribution is -0.385. The molecule has 0 aliphatic rings. The maximum Gasteiger partial charge on any atom is 0.300 e. The first-order chi connectivity index (χ1) is 10.1. The number of nitrogens with zero attached hydrogens (tertiary/aromatic N) is 3. The first-order valence-corrected chi connectivity index (χ1v) is 6.18. The zero-order valence-electron chi connectivity index (χ0n) is 11.2. The summed E-state index contributed by atoms with van der Waals surface area (Å²) in [6.07, 6.45) is 2.50. The lowest BCUT2D eigenvalue weighted by atomic mass is 10.2. The molecule has 1 amide bonds. The molecule has 0 radical (unpaired) electrons. The average molecular weight is 291 g/mol. The van der Waals surface area contributed by atoms with Crippen LogP contribution in [0.4, 0.5) is 11.5 Å². The van der Waals surface area contributed by atoms with E-state index in [1.807, 2.05) is 6.92 Å². The van der Waals surface area contributed by atoms with Gasteiger partial charge in [-0.15, -0.1) is 0 Å². The third-order valence-electron chi connectivity index (χ3n) is 2.60. The quantitative estimate of drug-likeness (QED) is 0.608. The number of carbonyl (C=O) groups excluding carboxylic acids is 1. The monoisotopic (exact) mass is 291 g/mol. The lowest BCUT2D eigenvalue weighted by Crippen LogP contribution is -2.24. The lowest BCUT2D eigenvalue weighted by Gasteiger charge is -2.07. The first-order valence-electron chi connectivity index (χ1n) is 6.18. The fraction of sp³-hybridized carbons (Fsp3) is 0.250. The topological polar surface area (TPSA) is 123 Å². The molecule has 21 heavy (non-hydrogen) atoms. The molecule has 0 saturated carbocycles. The van der Waals surface area contributed by atoms with E-state index < -0.39 is 10.8 Å². The summed E-state index contributed by atoms with van der Waals surface area (Å²) in [5.74, 6) is 0.263. The number of pyridine rings is 1. The van der Waals surface area contributed by atoms with Gasteiger partial charge in [-0.1, -0.05) is 5.16 Å². The number of hydrogen-bond acceptors (Lipinski definition) is 7. The van der Waals surface area contributed by atoms with Gasteiger partial charge in [-0.2, -0.15) is 0 Å². The Morgan fingerprint density at radius 2 is 2.33 bits per heavy atom. The van der Waals surface area contributed by atoms with Crippen molar-refractivity contribution in [3.63, 3.8) is 0 Å². The zero-order chi connectivity index (χ0) is 15.2. The maximum absolute atomic E-state index is 12.1. The second-order valence-corrected chi connectivity index (χ2v) is 4.04. The van der Waals surface area contributed by atoms with Crippen molar-refractivity contribution < 1.29 is 14.2 Å². The van der Waals surface area contributed by atoms with Crippen molar-refractivity contribution in [2.75, 3.05) is 11.9 Å². The van der Waals surface area contributed by atoms with Gasteiger partial charge < -0.3 is 15.2 Å². The highest BCUT2D eigenvalue weighted by Gasteiger charge is 2.21. The molecule has 2 N–H and O–H groups in total. The summed E-state index contributed by atoms with van der Waals surface area (Å²) >= 11 is 0. The minimum absolute atomic E-state index is 0.0644. The van der Waals surface area contributed by atoms with E-state index in [-0.39, 0.29) is 17.8 Å².